The van der Waals surface area contributed by atoms with Gasteiger partial charge in [-0.05, 0) is 60.6 Å². The van der Waals surface area contributed by atoms with Crippen LogP contribution < -0.4 is 11.1 Å². The standard InChI is InChI=1S/C18H32N4O2S/c1-10-11(2)20-16(25-7)22-15(10)21-12-8-13(17(3,4)19)14(9-12)24-18(5,6)23/h12-14,23H,8-9,19H2,1-7H3,(H,20,21,22)/t12?,13?,14-/m0/s1. The van der Waals surface area contributed by atoms with Crippen molar-refractivity contribution in [2.45, 2.75) is 83.0 Å². The summed E-state index contributed by atoms with van der Waals surface area (Å²) in [7, 11) is 0. The van der Waals surface area contributed by atoms with Crippen molar-refractivity contribution < 1.29 is 9.84 Å². The Bertz CT molecular complexity index is 610. The topological polar surface area (TPSA) is 93.3 Å². The molecule has 4 N–H and O–H groups in total. The summed E-state index contributed by atoms with van der Waals surface area (Å²) in [6.45, 7) is 11.4. The predicted molar refractivity (Wildman–Crippen MR) is 103 cm³/mol. The van der Waals surface area contributed by atoms with Crippen LogP contribution in [0.5, 0.6) is 0 Å². The smallest absolute Gasteiger partial charge is 0.189 e. The maximum Gasteiger partial charge on any atom is 0.189 e. The minimum Gasteiger partial charge on any atom is -0.367 e. The van der Waals surface area contributed by atoms with E-state index in [2.05, 4.69) is 15.3 Å². The molecule has 1 fully saturated rings. The summed E-state index contributed by atoms with van der Waals surface area (Å²) >= 11 is 1.54. The van der Waals surface area contributed by atoms with E-state index in [-0.39, 0.29) is 23.6 Å². The molecule has 1 aromatic heterocycles. The zero-order chi connectivity index (χ0) is 19.0. The number of hydrogen-bond acceptors (Lipinski definition) is 7. The van der Waals surface area contributed by atoms with Gasteiger partial charge in [0.05, 0.1) is 6.10 Å². The molecule has 1 aliphatic carbocycles. The fourth-order valence-electron chi connectivity index (χ4n) is 3.43. The lowest BCUT2D eigenvalue weighted by atomic mass is 9.85. The lowest BCUT2D eigenvalue weighted by molar-refractivity contribution is -0.215. The number of nitrogens with one attached hydrogen (secondary N) is 1. The maximum absolute atomic E-state index is 10.1. The van der Waals surface area contributed by atoms with Crippen LogP contribution in [0.2, 0.25) is 0 Å². The summed E-state index contributed by atoms with van der Waals surface area (Å²) in [5.41, 5.74) is 8.05. The summed E-state index contributed by atoms with van der Waals surface area (Å²) < 4.78 is 5.90. The summed E-state index contributed by atoms with van der Waals surface area (Å²) in [4.78, 5) is 9.10. The highest BCUT2D eigenvalue weighted by Crippen LogP contribution is 2.38. The molecule has 142 valence electrons. The lowest BCUT2D eigenvalue weighted by Gasteiger charge is -2.34. The van der Waals surface area contributed by atoms with Gasteiger partial charge in [0.15, 0.2) is 10.9 Å². The third-order valence-electron chi connectivity index (χ3n) is 4.79. The molecule has 3 atom stereocenters. The average Bonchev–Trinajstić information content (AvgIpc) is 2.84. The molecule has 0 radical (unpaired) electrons. The Kier molecular flexibility index (Phi) is 6.03. The molecule has 0 spiro atoms. The largest absolute Gasteiger partial charge is 0.367 e. The Hall–Kier alpha value is -0.890. The zero-order valence-corrected chi connectivity index (χ0v) is 17.2. The number of nitrogens with two attached hydrogens (primary N) is 1. The van der Waals surface area contributed by atoms with E-state index in [9.17, 15) is 5.11 Å². The van der Waals surface area contributed by atoms with Gasteiger partial charge in [-0.2, -0.15) is 0 Å². The van der Waals surface area contributed by atoms with Gasteiger partial charge in [0.2, 0.25) is 0 Å². The number of aryl methyl sites for hydroxylation is 1. The first-order valence-corrected chi connectivity index (χ1v) is 9.98. The van der Waals surface area contributed by atoms with Crippen LogP contribution in [0.15, 0.2) is 5.16 Å². The van der Waals surface area contributed by atoms with E-state index in [1.165, 1.54) is 11.8 Å². The van der Waals surface area contributed by atoms with E-state index in [4.69, 9.17) is 10.5 Å². The van der Waals surface area contributed by atoms with Crippen molar-refractivity contribution in [3.63, 3.8) is 0 Å². The summed E-state index contributed by atoms with van der Waals surface area (Å²) in [5, 5.41) is 14.4. The van der Waals surface area contributed by atoms with E-state index in [1.54, 1.807) is 13.8 Å². The minimum atomic E-state index is -1.17. The molecule has 0 saturated heterocycles. The van der Waals surface area contributed by atoms with Gasteiger partial charge in [0, 0.05) is 28.8 Å². The number of hydrogen-bond donors (Lipinski definition) is 3. The van der Waals surface area contributed by atoms with Crippen LogP contribution in [0, 0.1) is 19.8 Å². The first kappa shape index (κ1) is 20.4. The van der Waals surface area contributed by atoms with Crippen LogP contribution in [0.1, 0.15) is 51.8 Å². The van der Waals surface area contributed by atoms with Crippen molar-refractivity contribution in [1.82, 2.24) is 9.97 Å². The Labute approximate surface area is 155 Å². The molecule has 1 aromatic rings. The van der Waals surface area contributed by atoms with Crippen LogP contribution >= 0.6 is 11.8 Å². The summed E-state index contributed by atoms with van der Waals surface area (Å²) in [5.74, 6) is -0.143. The van der Waals surface area contributed by atoms with Gasteiger partial charge < -0.3 is 20.9 Å². The second-order valence-electron chi connectivity index (χ2n) is 8.11. The van der Waals surface area contributed by atoms with Crippen LogP contribution in [0.4, 0.5) is 5.82 Å². The Morgan fingerprint density at radius 2 is 1.84 bits per heavy atom. The van der Waals surface area contributed by atoms with Crippen molar-refractivity contribution in [2.75, 3.05) is 11.6 Å². The highest BCUT2D eigenvalue weighted by molar-refractivity contribution is 7.98. The zero-order valence-electron chi connectivity index (χ0n) is 16.4. The van der Waals surface area contributed by atoms with E-state index < -0.39 is 5.79 Å². The van der Waals surface area contributed by atoms with Gasteiger partial charge >= 0.3 is 0 Å². The second-order valence-corrected chi connectivity index (χ2v) is 8.89. The lowest BCUT2D eigenvalue weighted by Crippen LogP contribution is -2.47. The van der Waals surface area contributed by atoms with Crippen LogP contribution in [0.3, 0.4) is 0 Å². The van der Waals surface area contributed by atoms with Gasteiger partial charge in [0.1, 0.15) is 5.82 Å². The number of aromatic nitrogens is 2. The molecule has 1 saturated carbocycles. The van der Waals surface area contributed by atoms with E-state index >= 15 is 0 Å². The summed E-state index contributed by atoms with van der Waals surface area (Å²) in [6, 6.07) is 0.197. The van der Waals surface area contributed by atoms with Crippen LogP contribution in [-0.4, -0.2) is 44.8 Å². The van der Waals surface area contributed by atoms with Gasteiger partial charge in [-0.1, -0.05) is 11.8 Å². The molecule has 0 bridgehead atoms. The second kappa shape index (κ2) is 7.39. The van der Waals surface area contributed by atoms with Crippen molar-refractivity contribution in [3.8, 4) is 0 Å². The number of nitrogens with zero attached hydrogens (tertiary/aromatic N) is 2. The molecule has 0 aromatic carbocycles. The highest BCUT2D eigenvalue weighted by atomic mass is 32.2. The fourth-order valence-corrected chi connectivity index (χ4v) is 3.84. The average molecular weight is 369 g/mol. The van der Waals surface area contributed by atoms with E-state index in [0.29, 0.717) is 0 Å². The fraction of sp³-hybridized carbons (Fsp3) is 0.778. The minimum absolute atomic E-state index is 0.0965. The quantitative estimate of drug-likeness (QED) is 0.404. The Morgan fingerprint density at radius 1 is 1.20 bits per heavy atom. The SMILES string of the molecule is CSc1nc(C)c(C)c(NC2CC(C(C)(C)N)[C@@H](OC(C)(C)O)C2)n1. The van der Waals surface area contributed by atoms with Crippen molar-refractivity contribution >= 4 is 17.6 Å². The maximum atomic E-state index is 10.1. The molecule has 2 unspecified atom stereocenters. The van der Waals surface area contributed by atoms with Crippen molar-refractivity contribution in [2.24, 2.45) is 11.7 Å². The molecule has 6 nitrogen and oxygen atoms in total. The molecule has 2 rings (SSSR count). The van der Waals surface area contributed by atoms with E-state index in [1.807, 2.05) is 34.0 Å². The van der Waals surface area contributed by atoms with Gasteiger partial charge in [-0.25, -0.2) is 9.97 Å². The monoisotopic (exact) mass is 368 g/mol. The first-order valence-electron chi connectivity index (χ1n) is 8.75. The summed E-state index contributed by atoms with van der Waals surface area (Å²) in [6.07, 6.45) is 3.54. The third kappa shape index (κ3) is 5.29. The molecule has 7 heteroatoms. The molecule has 0 aliphatic heterocycles. The normalized spacial score (nSPS) is 24.6. The predicted octanol–water partition coefficient (Wildman–Crippen LogP) is 2.86. The Balaban J connectivity index is 2.20. The molecular weight excluding hydrogens is 336 g/mol. The Morgan fingerprint density at radius 3 is 2.36 bits per heavy atom. The number of anilines is 1. The molecule has 1 aliphatic rings. The van der Waals surface area contributed by atoms with Gasteiger partial charge in [0.25, 0.3) is 0 Å². The number of rotatable bonds is 6. The molecule has 25 heavy (non-hydrogen) atoms. The van der Waals surface area contributed by atoms with Crippen LogP contribution in [0.25, 0.3) is 0 Å². The van der Waals surface area contributed by atoms with Crippen molar-refractivity contribution in [3.05, 3.63) is 11.3 Å². The molecule has 1 heterocycles. The molecule has 0 amide bonds. The number of aliphatic hydroxyl groups is 1. The third-order valence-corrected chi connectivity index (χ3v) is 5.34. The van der Waals surface area contributed by atoms with E-state index in [0.717, 1.165) is 35.1 Å². The highest BCUT2D eigenvalue weighted by Gasteiger charge is 2.44. The number of thioether (sulfide) groups is 1. The van der Waals surface area contributed by atoms with Gasteiger partial charge in [-0.3, -0.25) is 0 Å². The van der Waals surface area contributed by atoms with Crippen molar-refractivity contribution in [1.29, 1.82) is 0 Å². The number of ether oxygens (including phenoxy) is 1. The van der Waals surface area contributed by atoms with Crippen LogP contribution in [-0.2, 0) is 4.74 Å². The van der Waals surface area contributed by atoms with Gasteiger partial charge in [-0.15, -0.1) is 0 Å². The molecular formula is C18H32N4O2S. The first-order chi connectivity index (χ1) is 11.4.